The van der Waals surface area contributed by atoms with Crippen molar-refractivity contribution in [2.45, 2.75) is 19.5 Å². The number of carbonyl (C=O) groups is 1. The fourth-order valence-electron chi connectivity index (χ4n) is 0.719. The minimum atomic E-state index is -0.496. The van der Waals surface area contributed by atoms with Crippen molar-refractivity contribution in [3.05, 3.63) is 6.33 Å². The van der Waals surface area contributed by atoms with Crippen LogP contribution in [-0.2, 0) is 11.3 Å². The van der Waals surface area contributed by atoms with Gasteiger partial charge in [0.25, 0.3) is 0 Å². The predicted molar refractivity (Wildman–Crippen MR) is 41.0 cm³/mol. The van der Waals surface area contributed by atoms with E-state index in [0.29, 0.717) is 0 Å². The molecule has 1 heterocycles. The highest BCUT2D eigenvalue weighted by atomic mass is 16.2. The summed E-state index contributed by atoms with van der Waals surface area (Å²) < 4.78 is 1.28. The van der Waals surface area contributed by atoms with Crippen LogP contribution < -0.4 is 5.32 Å². The van der Waals surface area contributed by atoms with Crippen molar-refractivity contribution in [2.24, 2.45) is 0 Å². The zero-order chi connectivity index (χ0) is 9.68. The summed E-state index contributed by atoms with van der Waals surface area (Å²) in [6, 6.07) is 1.39. The smallest absolute Gasteiger partial charge is 0.242 e. The van der Waals surface area contributed by atoms with E-state index in [0.717, 1.165) is 0 Å². The first-order chi connectivity index (χ1) is 6.22. The van der Waals surface area contributed by atoms with Gasteiger partial charge in [0.2, 0.25) is 5.91 Å². The summed E-state index contributed by atoms with van der Waals surface area (Å²) in [6.45, 7) is 1.62. The molecule has 0 aliphatic heterocycles. The molecule has 1 atom stereocenters. The molecule has 13 heavy (non-hydrogen) atoms. The Morgan fingerprint density at radius 1 is 1.85 bits per heavy atom. The Morgan fingerprint density at radius 3 is 3.15 bits per heavy atom. The Balaban J connectivity index is 2.39. The monoisotopic (exact) mass is 180 g/mol. The number of hydrogen-bond acceptors (Lipinski definition) is 5. The number of nitrogens with one attached hydrogen (secondary N) is 1. The molecule has 1 aromatic heterocycles. The summed E-state index contributed by atoms with van der Waals surface area (Å²) in [5.74, 6) is -0.290. The molecular weight excluding hydrogens is 172 g/mol. The molecular formula is C6H8N6O. The highest BCUT2D eigenvalue weighted by Crippen LogP contribution is 1.81. The van der Waals surface area contributed by atoms with E-state index in [2.05, 4.69) is 20.8 Å². The average molecular weight is 180 g/mol. The molecule has 1 N–H and O–H groups in total. The molecule has 0 aromatic carbocycles. The van der Waals surface area contributed by atoms with Gasteiger partial charge in [0.05, 0.1) is 6.07 Å². The molecule has 0 saturated carbocycles. The molecule has 0 fully saturated rings. The summed E-state index contributed by atoms with van der Waals surface area (Å²) >= 11 is 0. The van der Waals surface area contributed by atoms with Crippen molar-refractivity contribution >= 4 is 5.91 Å². The molecule has 0 spiro atoms. The van der Waals surface area contributed by atoms with Crippen molar-refractivity contribution in [2.75, 3.05) is 0 Å². The zero-order valence-corrected chi connectivity index (χ0v) is 7.01. The SMILES string of the molecule is CC(C#N)NC(=O)Cn1cnnn1. The maximum Gasteiger partial charge on any atom is 0.242 e. The van der Waals surface area contributed by atoms with Crippen LogP contribution in [0, 0.1) is 11.3 Å². The van der Waals surface area contributed by atoms with Crippen molar-refractivity contribution < 1.29 is 4.79 Å². The van der Waals surface area contributed by atoms with E-state index in [1.165, 1.54) is 11.0 Å². The first kappa shape index (κ1) is 9.12. The van der Waals surface area contributed by atoms with Gasteiger partial charge in [0.15, 0.2) is 0 Å². The largest absolute Gasteiger partial charge is 0.339 e. The fraction of sp³-hybridized carbons (Fsp3) is 0.500. The molecule has 0 aliphatic rings. The van der Waals surface area contributed by atoms with Crippen LogP contribution in [0.2, 0.25) is 0 Å². The van der Waals surface area contributed by atoms with Crippen LogP contribution in [0.1, 0.15) is 6.92 Å². The van der Waals surface area contributed by atoms with Crippen molar-refractivity contribution in [3.8, 4) is 6.07 Å². The summed E-state index contributed by atoms with van der Waals surface area (Å²) in [6.07, 6.45) is 1.33. The van der Waals surface area contributed by atoms with Gasteiger partial charge in [-0.15, -0.1) is 5.10 Å². The van der Waals surface area contributed by atoms with E-state index in [4.69, 9.17) is 5.26 Å². The highest BCUT2D eigenvalue weighted by molar-refractivity contribution is 5.76. The average Bonchev–Trinajstić information content (AvgIpc) is 2.56. The topological polar surface area (TPSA) is 96.5 Å². The van der Waals surface area contributed by atoms with Crippen molar-refractivity contribution in [1.82, 2.24) is 25.5 Å². The molecule has 7 nitrogen and oxygen atoms in total. The minimum absolute atomic E-state index is 0.0268. The number of amides is 1. The Bertz CT molecular complexity index is 312. The maximum absolute atomic E-state index is 11.1. The molecule has 68 valence electrons. The van der Waals surface area contributed by atoms with Gasteiger partial charge < -0.3 is 5.32 Å². The predicted octanol–water partition coefficient (Wildman–Crippen LogP) is -1.30. The number of rotatable bonds is 3. The highest BCUT2D eigenvalue weighted by Gasteiger charge is 2.06. The number of nitriles is 1. The first-order valence-electron chi connectivity index (χ1n) is 3.62. The molecule has 0 radical (unpaired) electrons. The number of tetrazole rings is 1. The lowest BCUT2D eigenvalue weighted by molar-refractivity contribution is -0.122. The van der Waals surface area contributed by atoms with Crippen LogP contribution in [0.4, 0.5) is 0 Å². The molecule has 0 aliphatic carbocycles. The van der Waals surface area contributed by atoms with Gasteiger partial charge in [-0.2, -0.15) is 5.26 Å². The van der Waals surface area contributed by atoms with Gasteiger partial charge in [-0.1, -0.05) is 0 Å². The quantitative estimate of drug-likeness (QED) is 0.623. The summed E-state index contributed by atoms with van der Waals surface area (Å²) in [5.41, 5.74) is 0. The van der Waals surface area contributed by atoms with Gasteiger partial charge >= 0.3 is 0 Å². The lowest BCUT2D eigenvalue weighted by Gasteiger charge is -2.04. The number of aromatic nitrogens is 4. The second kappa shape index (κ2) is 4.15. The van der Waals surface area contributed by atoms with Crippen LogP contribution in [0.5, 0.6) is 0 Å². The first-order valence-corrected chi connectivity index (χ1v) is 3.62. The van der Waals surface area contributed by atoms with E-state index in [9.17, 15) is 4.79 Å². The third kappa shape index (κ3) is 2.86. The van der Waals surface area contributed by atoms with Gasteiger partial charge in [0, 0.05) is 0 Å². The van der Waals surface area contributed by atoms with Crippen molar-refractivity contribution in [3.63, 3.8) is 0 Å². The summed E-state index contributed by atoms with van der Waals surface area (Å²) in [7, 11) is 0. The Labute approximate surface area is 74.3 Å². The number of hydrogen-bond donors (Lipinski definition) is 1. The van der Waals surface area contributed by atoms with E-state index in [-0.39, 0.29) is 12.5 Å². The molecule has 0 saturated heterocycles. The van der Waals surface area contributed by atoms with Gasteiger partial charge in [-0.05, 0) is 17.4 Å². The fourth-order valence-corrected chi connectivity index (χ4v) is 0.719. The normalized spacial score (nSPS) is 11.7. The van der Waals surface area contributed by atoms with Crippen molar-refractivity contribution in [1.29, 1.82) is 5.26 Å². The van der Waals surface area contributed by atoms with Crippen LogP contribution >= 0.6 is 0 Å². The van der Waals surface area contributed by atoms with Gasteiger partial charge in [-0.3, -0.25) is 4.79 Å². The van der Waals surface area contributed by atoms with Crippen LogP contribution in [0.3, 0.4) is 0 Å². The van der Waals surface area contributed by atoms with Crippen LogP contribution in [0.25, 0.3) is 0 Å². The standard InChI is InChI=1S/C6H8N6O/c1-5(2-7)9-6(13)3-12-4-8-10-11-12/h4-5H,3H2,1H3,(H,9,13). The summed E-state index contributed by atoms with van der Waals surface area (Å²) in [5, 5.41) is 21.1. The van der Waals surface area contributed by atoms with E-state index in [1.807, 2.05) is 6.07 Å². The molecule has 0 bridgehead atoms. The molecule has 1 rings (SSSR count). The lowest BCUT2D eigenvalue weighted by Crippen LogP contribution is -2.34. The lowest BCUT2D eigenvalue weighted by atomic mass is 10.4. The zero-order valence-electron chi connectivity index (χ0n) is 7.01. The van der Waals surface area contributed by atoms with E-state index >= 15 is 0 Å². The second-order valence-corrected chi connectivity index (χ2v) is 2.43. The van der Waals surface area contributed by atoms with Gasteiger partial charge in [0.1, 0.15) is 18.9 Å². The van der Waals surface area contributed by atoms with Crippen LogP contribution in [0.15, 0.2) is 6.33 Å². The number of nitrogens with zero attached hydrogens (tertiary/aromatic N) is 5. The van der Waals surface area contributed by atoms with E-state index < -0.39 is 6.04 Å². The van der Waals surface area contributed by atoms with E-state index in [1.54, 1.807) is 6.92 Å². The summed E-state index contributed by atoms with van der Waals surface area (Å²) in [4.78, 5) is 11.1. The third-order valence-electron chi connectivity index (χ3n) is 1.27. The Hall–Kier alpha value is -1.97. The third-order valence-corrected chi connectivity index (χ3v) is 1.27. The maximum atomic E-state index is 11.1. The van der Waals surface area contributed by atoms with Gasteiger partial charge in [-0.25, -0.2) is 4.68 Å². The number of carbonyl (C=O) groups excluding carboxylic acids is 1. The second-order valence-electron chi connectivity index (χ2n) is 2.43. The molecule has 1 amide bonds. The Kier molecular flexibility index (Phi) is 2.92. The van der Waals surface area contributed by atoms with Crippen LogP contribution in [-0.4, -0.2) is 32.2 Å². The minimum Gasteiger partial charge on any atom is -0.339 e. The Morgan fingerprint density at radius 2 is 2.62 bits per heavy atom. The molecule has 1 unspecified atom stereocenters. The molecule has 7 heteroatoms. The molecule has 1 aromatic rings.